The lowest BCUT2D eigenvalue weighted by atomic mass is 10.1. The van der Waals surface area contributed by atoms with Gasteiger partial charge in [-0.1, -0.05) is 19.4 Å². The number of phosphoric acid groups is 1. The number of benzene rings is 1. The molecule has 1 heterocycles. The van der Waals surface area contributed by atoms with Gasteiger partial charge in [0.15, 0.2) is 0 Å². The molecule has 0 saturated heterocycles. The van der Waals surface area contributed by atoms with Crippen molar-refractivity contribution in [3.63, 3.8) is 0 Å². The van der Waals surface area contributed by atoms with E-state index in [2.05, 4.69) is 9.88 Å². The van der Waals surface area contributed by atoms with E-state index in [1.54, 1.807) is 12.1 Å². The maximum atomic E-state index is 12.1. The zero-order chi connectivity index (χ0) is 16.9. The van der Waals surface area contributed by atoms with Crippen molar-refractivity contribution in [2.45, 2.75) is 26.2 Å². The van der Waals surface area contributed by atoms with Crippen LogP contribution in [-0.2, 0) is 15.5 Å². The summed E-state index contributed by atoms with van der Waals surface area (Å²) in [7, 11) is -0.0869. The molecule has 1 unspecified atom stereocenters. The van der Waals surface area contributed by atoms with Gasteiger partial charge in [0.2, 0.25) is 0 Å². The highest BCUT2D eigenvalue weighted by atomic mass is 31.2. The Hall–Kier alpha value is -1.33. The van der Waals surface area contributed by atoms with E-state index in [-0.39, 0.29) is 6.61 Å². The fourth-order valence-electron chi connectivity index (χ4n) is 2.31. The molecule has 0 aliphatic carbocycles. The average molecular weight is 340 g/mol. The van der Waals surface area contributed by atoms with Gasteiger partial charge in [-0.3, -0.25) is 9.42 Å². The molecule has 0 bridgehead atoms. The molecule has 1 atom stereocenters. The maximum Gasteiger partial charge on any atom is 0.527 e. The van der Waals surface area contributed by atoms with Crippen molar-refractivity contribution in [1.82, 2.24) is 9.88 Å². The molecule has 0 fully saturated rings. The van der Waals surface area contributed by atoms with Crippen molar-refractivity contribution < 1.29 is 18.5 Å². The summed E-state index contributed by atoms with van der Waals surface area (Å²) in [6.07, 6.45) is 4.35. The van der Waals surface area contributed by atoms with E-state index < -0.39 is 7.82 Å². The van der Waals surface area contributed by atoms with Crippen LogP contribution in [0.25, 0.3) is 10.9 Å². The highest BCUT2D eigenvalue weighted by Gasteiger charge is 2.24. The van der Waals surface area contributed by atoms with E-state index >= 15 is 0 Å². The molecular formula is C16H25N2O4P. The Labute approximate surface area is 137 Å². The summed E-state index contributed by atoms with van der Waals surface area (Å²) in [6.45, 7) is 3.08. The number of aromatic amines is 1. The topological polar surface area (TPSA) is 74.8 Å². The van der Waals surface area contributed by atoms with Gasteiger partial charge >= 0.3 is 7.82 Å². The summed E-state index contributed by atoms with van der Waals surface area (Å²) in [6, 6.07) is 5.40. The van der Waals surface area contributed by atoms with Gasteiger partial charge in [-0.15, -0.1) is 0 Å². The molecule has 0 amide bonds. The van der Waals surface area contributed by atoms with Crippen molar-refractivity contribution in [3.05, 3.63) is 30.0 Å². The van der Waals surface area contributed by atoms with Crippen LogP contribution in [0.4, 0.5) is 0 Å². The molecule has 1 aromatic carbocycles. The summed E-state index contributed by atoms with van der Waals surface area (Å²) < 4.78 is 22.4. The first-order valence-electron chi connectivity index (χ1n) is 7.83. The van der Waals surface area contributed by atoms with Crippen molar-refractivity contribution in [2.75, 3.05) is 27.2 Å². The molecule has 2 aromatic rings. The summed E-state index contributed by atoms with van der Waals surface area (Å²) in [5.74, 6) is 0.375. The highest BCUT2D eigenvalue weighted by Crippen LogP contribution is 2.46. The third-order valence-corrected chi connectivity index (χ3v) is 4.48. The molecule has 6 nitrogen and oxygen atoms in total. The van der Waals surface area contributed by atoms with E-state index in [0.717, 1.165) is 42.3 Å². The number of rotatable bonds is 9. The predicted octanol–water partition coefficient (Wildman–Crippen LogP) is 3.57. The molecule has 2 N–H and O–H groups in total. The minimum Gasteiger partial charge on any atom is -0.403 e. The van der Waals surface area contributed by atoms with Crippen LogP contribution in [0.2, 0.25) is 0 Å². The largest absolute Gasteiger partial charge is 0.527 e. The molecule has 0 aliphatic heterocycles. The van der Waals surface area contributed by atoms with E-state index in [4.69, 9.17) is 9.05 Å². The van der Waals surface area contributed by atoms with Crippen LogP contribution in [-0.4, -0.2) is 42.0 Å². The van der Waals surface area contributed by atoms with Gasteiger partial charge in [0.05, 0.1) is 6.61 Å². The monoisotopic (exact) mass is 340 g/mol. The Morgan fingerprint density at radius 1 is 1.35 bits per heavy atom. The molecule has 1 aromatic heterocycles. The van der Waals surface area contributed by atoms with Gasteiger partial charge in [-0.2, -0.15) is 0 Å². The van der Waals surface area contributed by atoms with E-state index in [9.17, 15) is 9.46 Å². The molecule has 128 valence electrons. The Bertz CT molecular complexity index is 684. The lowest BCUT2D eigenvalue weighted by Gasteiger charge is -2.15. The fourth-order valence-corrected chi connectivity index (χ4v) is 3.13. The number of phosphoric ester groups is 1. The number of unbranched alkanes of at least 4 members (excludes halogenated alkanes) is 1. The van der Waals surface area contributed by atoms with Crippen molar-refractivity contribution >= 4 is 18.7 Å². The predicted molar refractivity (Wildman–Crippen MR) is 91.9 cm³/mol. The smallest absolute Gasteiger partial charge is 0.403 e. The molecule has 0 spiro atoms. The number of aromatic nitrogens is 1. The molecular weight excluding hydrogens is 315 g/mol. The Kier molecular flexibility index (Phi) is 6.25. The zero-order valence-electron chi connectivity index (χ0n) is 13.9. The SMILES string of the molecule is CCCCOP(=O)(O)Oc1cccc2[nH]cc(CCN(C)C)c12. The number of hydrogen-bond acceptors (Lipinski definition) is 4. The van der Waals surface area contributed by atoms with Gasteiger partial charge in [0.25, 0.3) is 0 Å². The first-order valence-corrected chi connectivity index (χ1v) is 9.33. The Morgan fingerprint density at radius 2 is 2.13 bits per heavy atom. The molecule has 23 heavy (non-hydrogen) atoms. The van der Waals surface area contributed by atoms with Crippen LogP contribution >= 0.6 is 7.82 Å². The second-order valence-corrected chi connectivity index (χ2v) is 7.17. The van der Waals surface area contributed by atoms with E-state index in [1.807, 2.05) is 33.3 Å². The van der Waals surface area contributed by atoms with Crippen LogP contribution in [0.15, 0.2) is 24.4 Å². The minimum absolute atomic E-state index is 0.209. The van der Waals surface area contributed by atoms with Crippen LogP contribution in [0, 0.1) is 0 Å². The maximum absolute atomic E-state index is 12.1. The summed E-state index contributed by atoms with van der Waals surface area (Å²) in [5, 5.41) is 0.836. The normalized spacial score (nSPS) is 14.3. The summed E-state index contributed by atoms with van der Waals surface area (Å²) >= 11 is 0. The van der Waals surface area contributed by atoms with Gasteiger partial charge in [0, 0.05) is 23.6 Å². The van der Waals surface area contributed by atoms with Crippen molar-refractivity contribution in [3.8, 4) is 5.75 Å². The molecule has 0 radical (unpaired) electrons. The summed E-state index contributed by atoms with van der Waals surface area (Å²) in [5.41, 5.74) is 1.93. The standard InChI is InChI=1S/C16H25N2O4P/c1-4-5-11-21-23(19,20)22-15-8-6-7-14-16(15)13(12-17-14)9-10-18(2)3/h6-8,12,17H,4-5,9-11H2,1-3H3,(H,19,20). The second-order valence-electron chi connectivity index (χ2n) is 5.79. The number of likely N-dealkylation sites (N-methyl/N-ethyl adjacent to an activating group) is 1. The first kappa shape index (κ1) is 18.0. The molecule has 0 saturated carbocycles. The Morgan fingerprint density at radius 3 is 2.83 bits per heavy atom. The lowest BCUT2D eigenvalue weighted by molar-refractivity contribution is 0.201. The van der Waals surface area contributed by atoms with Gasteiger partial charge in [-0.05, 0) is 44.6 Å². The fraction of sp³-hybridized carbons (Fsp3) is 0.500. The number of fused-ring (bicyclic) bond motifs is 1. The van der Waals surface area contributed by atoms with Crippen LogP contribution in [0.3, 0.4) is 0 Å². The average Bonchev–Trinajstić information content (AvgIpc) is 2.89. The third kappa shape index (κ3) is 5.08. The first-order chi connectivity index (χ1) is 10.9. The minimum atomic E-state index is -4.11. The summed E-state index contributed by atoms with van der Waals surface area (Å²) in [4.78, 5) is 15.2. The number of nitrogens with one attached hydrogen (secondary N) is 1. The molecule has 2 rings (SSSR count). The van der Waals surface area contributed by atoms with Gasteiger partial charge in [-0.25, -0.2) is 4.57 Å². The quantitative estimate of drug-likeness (QED) is 0.539. The van der Waals surface area contributed by atoms with Gasteiger partial charge < -0.3 is 14.4 Å². The molecule has 7 heteroatoms. The third-order valence-electron chi connectivity index (χ3n) is 3.54. The van der Waals surface area contributed by atoms with Crippen LogP contribution in [0.1, 0.15) is 25.3 Å². The highest BCUT2D eigenvalue weighted by molar-refractivity contribution is 7.47. The number of H-pyrrole nitrogens is 1. The van der Waals surface area contributed by atoms with E-state index in [1.165, 1.54) is 0 Å². The number of hydrogen-bond donors (Lipinski definition) is 2. The number of nitrogens with zero attached hydrogens (tertiary/aromatic N) is 1. The lowest BCUT2D eigenvalue weighted by Crippen LogP contribution is -2.14. The van der Waals surface area contributed by atoms with Crippen LogP contribution < -0.4 is 4.52 Å². The van der Waals surface area contributed by atoms with Crippen molar-refractivity contribution in [1.29, 1.82) is 0 Å². The van der Waals surface area contributed by atoms with Gasteiger partial charge in [0.1, 0.15) is 5.75 Å². The van der Waals surface area contributed by atoms with E-state index in [0.29, 0.717) is 5.75 Å². The van der Waals surface area contributed by atoms with Crippen molar-refractivity contribution in [2.24, 2.45) is 0 Å². The van der Waals surface area contributed by atoms with Crippen LogP contribution in [0.5, 0.6) is 5.75 Å². The molecule has 0 aliphatic rings. The second kappa shape index (κ2) is 7.97. The Balaban J connectivity index is 2.22. The zero-order valence-corrected chi connectivity index (χ0v) is 14.8.